The minimum atomic E-state index is -3.54. The van der Waals surface area contributed by atoms with E-state index in [-0.39, 0.29) is 35.6 Å². The number of nitrogens with one attached hydrogen (secondary N) is 1. The Hall–Kier alpha value is -3.04. The van der Waals surface area contributed by atoms with E-state index in [4.69, 9.17) is 0 Å². The lowest BCUT2D eigenvalue weighted by atomic mass is 10.2. The van der Waals surface area contributed by atoms with Crippen molar-refractivity contribution in [3.05, 3.63) is 71.6 Å². The van der Waals surface area contributed by atoms with Crippen molar-refractivity contribution < 1.29 is 22.4 Å². The van der Waals surface area contributed by atoms with E-state index in [1.165, 1.54) is 39.5 Å². The van der Waals surface area contributed by atoms with Crippen molar-refractivity contribution in [2.75, 3.05) is 26.2 Å². The van der Waals surface area contributed by atoms with E-state index in [2.05, 4.69) is 5.32 Å². The smallest absolute Gasteiger partial charge is 0.247 e. The van der Waals surface area contributed by atoms with Gasteiger partial charge in [0.15, 0.2) is 0 Å². The lowest BCUT2D eigenvalue weighted by Crippen LogP contribution is -2.39. The van der Waals surface area contributed by atoms with Crippen LogP contribution in [0.25, 0.3) is 6.08 Å². The van der Waals surface area contributed by atoms with Gasteiger partial charge in [-0.2, -0.15) is 4.31 Å². The van der Waals surface area contributed by atoms with E-state index in [0.717, 1.165) is 5.56 Å². The number of hydrogen-bond donors (Lipinski definition) is 1. The number of nitrogens with zero attached hydrogens (tertiary/aromatic N) is 2. The van der Waals surface area contributed by atoms with E-state index in [9.17, 15) is 22.4 Å². The second-order valence-electron chi connectivity index (χ2n) is 7.25. The molecule has 1 N–H and O–H groups in total. The fourth-order valence-electron chi connectivity index (χ4n) is 3.11. The Morgan fingerprint density at radius 1 is 0.939 bits per heavy atom. The molecule has 2 amide bonds. The third-order valence-corrected chi connectivity index (χ3v) is 7.14. The number of hydrogen-bond acceptors (Lipinski definition) is 4. The molecule has 2 aromatic rings. The number of benzene rings is 2. The second kappa shape index (κ2) is 12.3. The molecule has 0 unspecified atom stereocenters. The molecule has 0 fully saturated rings. The van der Waals surface area contributed by atoms with Crippen LogP contribution in [0.5, 0.6) is 0 Å². The summed E-state index contributed by atoms with van der Waals surface area (Å²) in [5.74, 6) is -1.01. The number of carbonyl (C=O) groups excluding carboxylic acids is 2. The molecule has 9 heteroatoms. The Morgan fingerprint density at radius 2 is 1.55 bits per heavy atom. The summed E-state index contributed by atoms with van der Waals surface area (Å²) in [6.45, 7) is 6.59. The van der Waals surface area contributed by atoms with Gasteiger partial charge in [0.25, 0.3) is 0 Å². The fourth-order valence-corrected chi connectivity index (χ4v) is 4.57. The first-order chi connectivity index (χ1) is 15.7. The predicted octanol–water partition coefficient (Wildman–Crippen LogP) is 3.03. The minimum absolute atomic E-state index is 0.109. The van der Waals surface area contributed by atoms with E-state index >= 15 is 0 Å². The first-order valence-electron chi connectivity index (χ1n) is 10.8. The van der Waals surface area contributed by atoms with Crippen LogP contribution in [-0.4, -0.2) is 55.6 Å². The van der Waals surface area contributed by atoms with Crippen LogP contribution in [0.15, 0.2) is 59.5 Å². The summed E-state index contributed by atoms with van der Waals surface area (Å²) >= 11 is 0. The first kappa shape index (κ1) is 26.2. The molecule has 0 aromatic heterocycles. The summed E-state index contributed by atoms with van der Waals surface area (Å²) in [7, 11) is -3.54. The maximum Gasteiger partial charge on any atom is 0.247 e. The number of amides is 2. The Balaban J connectivity index is 1.95. The van der Waals surface area contributed by atoms with Gasteiger partial charge in [0.2, 0.25) is 21.8 Å². The zero-order valence-corrected chi connectivity index (χ0v) is 19.9. The highest BCUT2D eigenvalue weighted by atomic mass is 32.2. The largest absolute Gasteiger partial charge is 0.350 e. The number of rotatable bonds is 11. The van der Waals surface area contributed by atoms with Gasteiger partial charge in [0.1, 0.15) is 5.82 Å². The van der Waals surface area contributed by atoms with Gasteiger partial charge in [-0.3, -0.25) is 9.59 Å². The summed E-state index contributed by atoms with van der Waals surface area (Å²) in [6.07, 6.45) is 2.93. The van der Waals surface area contributed by atoms with Gasteiger partial charge in [-0.25, -0.2) is 12.8 Å². The van der Waals surface area contributed by atoms with Crippen LogP contribution in [0.1, 0.15) is 31.9 Å². The van der Waals surface area contributed by atoms with Crippen LogP contribution in [0.3, 0.4) is 0 Å². The van der Waals surface area contributed by atoms with E-state index < -0.39 is 10.0 Å². The molecule has 0 heterocycles. The zero-order valence-electron chi connectivity index (χ0n) is 19.1. The first-order valence-corrected chi connectivity index (χ1v) is 12.2. The van der Waals surface area contributed by atoms with E-state index in [1.807, 2.05) is 0 Å². The summed E-state index contributed by atoms with van der Waals surface area (Å²) in [4.78, 5) is 26.3. The molecule has 0 aliphatic carbocycles. The molecule has 7 nitrogen and oxygen atoms in total. The van der Waals surface area contributed by atoms with Crippen molar-refractivity contribution in [1.82, 2.24) is 14.5 Å². The molecule has 0 saturated heterocycles. The maximum atomic E-state index is 13.0. The third kappa shape index (κ3) is 7.50. The number of carbonyl (C=O) groups is 2. The van der Waals surface area contributed by atoms with Crippen LogP contribution < -0.4 is 5.32 Å². The number of sulfonamides is 1. The second-order valence-corrected chi connectivity index (χ2v) is 9.19. The molecule has 0 aliphatic heterocycles. The molecule has 0 radical (unpaired) electrons. The van der Waals surface area contributed by atoms with Crippen molar-refractivity contribution in [2.45, 2.75) is 32.2 Å². The summed E-state index contributed by atoms with van der Waals surface area (Å²) in [5.41, 5.74) is 1.42. The van der Waals surface area contributed by atoms with Gasteiger partial charge in [0, 0.05) is 32.3 Å². The highest BCUT2D eigenvalue weighted by Gasteiger charge is 2.21. The van der Waals surface area contributed by atoms with Crippen LogP contribution in [0.2, 0.25) is 0 Å². The quantitative estimate of drug-likeness (QED) is 0.506. The average molecular weight is 476 g/mol. The summed E-state index contributed by atoms with van der Waals surface area (Å²) < 4.78 is 39.4. The standard InChI is InChI=1S/C24H30FN3O4S/c1-4-27(18-23(29)26-17-20-7-12-21(25)13-8-20)24(30)16-11-19-9-14-22(15-10-19)33(31,32)28(5-2)6-3/h7-16H,4-6,17-18H2,1-3H3,(H,26,29)/b16-11+. The van der Waals surface area contributed by atoms with Gasteiger partial charge >= 0.3 is 0 Å². The molecule has 178 valence electrons. The lowest BCUT2D eigenvalue weighted by Gasteiger charge is -2.19. The minimum Gasteiger partial charge on any atom is -0.350 e. The van der Waals surface area contributed by atoms with E-state index in [1.54, 1.807) is 51.1 Å². The molecule has 2 aromatic carbocycles. The van der Waals surface area contributed by atoms with Gasteiger partial charge in [-0.1, -0.05) is 38.1 Å². The maximum absolute atomic E-state index is 13.0. The number of likely N-dealkylation sites (N-methyl/N-ethyl adjacent to an activating group) is 1. The van der Waals surface area contributed by atoms with Crippen molar-refractivity contribution >= 4 is 27.9 Å². The van der Waals surface area contributed by atoms with Crippen LogP contribution >= 0.6 is 0 Å². The van der Waals surface area contributed by atoms with Crippen molar-refractivity contribution in [1.29, 1.82) is 0 Å². The van der Waals surface area contributed by atoms with E-state index in [0.29, 0.717) is 25.2 Å². The molecular formula is C24H30FN3O4S. The van der Waals surface area contributed by atoms with Crippen molar-refractivity contribution in [3.8, 4) is 0 Å². The Labute approximate surface area is 194 Å². The highest BCUT2D eigenvalue weighted by Crippen LogP contribution is 2.17. The van der Waals surface area contributed by atoms with Crippen molar-refractivity contribution in [2.24, 2.45) is 0 Å². The Kier molecular flexibility index (Phi) is 9.74. The normalized spacial score (nSPS) is 11.7. The SMILES string of the molecule is CCN(CC(=O)NCc1ccc(F)cc1)C(=O)/C=C/c1ccc(S(=O)(=O)N(CC)CC)cc1. The topological polar surface area (TPSA) is 86.8 Å². The fraction of sp³-hybridized carbons (Fsp3) is 0.333. The summed E-state index contributed by atoms with van der Waals surface area (Å²) in [6, 6.07) is 12.1. The molecule has 33 heavy (non-hydrogen) atoms. The molecule has 0 aliphatic rings. The summed E-state index contributed by atoms with van der Waals surface area (Å²) in [5, 5.41) is 2.71. The van der Waals surface area contributed by atoms with Gasteiger partial charge in [0.05, 0.1) is 11.4 Å². The molecule has 0 atom stereocenters. The van der Waals surface area contributed by atoms with Crippen LogP contribution in [0.4, 0.5) is 4.39 Å². The number of halogens is 1. The van der Waals surface area contributed by atoms with Gasteiger partial charge < -0.3 is 10.2 Å². The average Bonchev–Trinajstić information content (AvgIpc) is 2.81. The lowest BCUT2D eigenvalue weighted by molar-refractivity contribution is -0.132. The van der Waals surface area contributed by atoms with Crippen LogP contribution in [0, 0.1) is 5.82 Å². The van der Waals surface area contributed by atoms with Crippen molar-refractivity contribution in [3.63, 3.8) is 0 Å². The molecule has 0 spiro atoms. The Morgan fingerprint density at radius 3 is 2.09 bits per heavy atom. The molecular weight excluding hydrogens is 445 g/mol. The Bertz CT molecular complexity index is 1060. The molecule has 2 rings (SSSR count). The van der Waals surface area contributed by atoms with Gasteiger partial charge in [-0.15, -0.1) is 0 Å². The highest BCUT2D eigenvalue weighted by molar-refractivity contribution is 7.89. The molecule has 0 bridgehead atoms. The van der Waals surface area contributed by atoms with Crippen LogP contribution in [-0.2, 0) is 26.2 Å². The monoisotopic (exact) mass is 475 g/mol. The zero-order chi connectivity index (χ0) is 24.4. The van der Waals surface area contributed by atoms with Gasteiger partial charge in [-0.05, 0) is 48.4 Å². The molecule has 0 saturated carbocycles. The third-order valence-electron chi connectivity index (χ3n) is 5.07. The predicted molar refractivity (Wildman–Crippen MR) is 126 cm³/mol.